The van der Waals surface area contributed by atoms with Gasteiger partial charge >= 0.3 is 12.3 Å². The zero-order valence-corrected chi connectivity index (χ0v) is 14.1. The molecule has 1 heterocycles. The minimum absolute atomic E-state index is 0.0737. The number of unbranched alkanes of at least 4 members (excludes halogenated alkanes) is 2. The molecule has 5 nitrogen and oxygen atoms in total. The van der Waals surface area contributed by atoms with E-state index in [1.165, 1.54) is 30.0 Å². The highest BCUT2D eigenvalue weighted by Crippen LogP contribution is 2.40. The minimum atomic E-state index is -4.76. The fourth-order valence-electron chi connectivity index (χ4n) is 2.57. The maximum Gasteiger partial charge on any atom is 0.573 e. The average Bonchev–Trinajstić information content (AvgIpc) is 2.86. The number of carboxylic acids is 1. The third kappa shape index (κ3) is 6.15. The van der Waals surface area contributed by atoms with Crippen LogP contribution >= 0.6 is 11.8 Å². The van der Waals surface area contributed by atoms with Crippen LogP contribution in [0.4, 0.5) is 13.2 Å². The molecule has 1 aromatic rings. The first-order chi connectivity index (χ1) is 11.8. The van der Waals surface area contributed by atoms with Gasteiger partial charge in [0.05, 0.1) is 5.75 Å². The minimum Gasteiger partial charge on any atom is -0.481 e. The first kappa shape index (κ1) is 19.4. The lowest BCUT2D eigenvalue weighted by Gasteiger charge is -2.24. The van der Waals surface area contributed by atoms with Crippen molar-refractivity contribution >= 4 is 23.6 Å². The second-order valence-corrected chi connectivity index (χ2v) is 6.64. The number of benzene rings is 1. The first-order valence-electron chi connectivity index (χ1n) is 7.75. The summed E-state index contributed by atoms with van der Waals surface area (Å²) in [7, 11) is 0. The molecule has 1 N–H and O–H groups in total. The van der Waals surface area contributed by atoms with Crippen molar-refractivity contribution in [3.05, 3.63) is 29.8 Å². The molecule has 0 saturated carbocycles. The Kier molecular flexibility index (Phi) is 6.57. The summed E-state index contributed by atoms with van der Waals surface area (Å²) < 4.78 is 41.0. The van der Waals surface area contributed by atoms with Crippen molar-refractivity contribution in [3.8, 4) is 5.75 Å². The van der Waals surface area contributed by atoms with Crippen LogP contribution in [-0.2, 0) is 9.59 Å². The van der Waals surface area contributed by atoms with E-state index in [4.69, 9.17) is 5.11 Å². The second-order valence-electron chi connectivity index (χ2n) is 5.58. The van der Waals surface area contributed by atoms with Gasteiger partial charge in [-0.2, -0.15) is 0 Å². The predicted molar refractivity (Wildman–Crippen MR) is 86.1 cm³/mol. The highest BCUT2D eigenvalue weighted by atomic mass is 32.2. The van der Waals surface area contributed by atoms with Gasteiger partial charge in [-0.15, -0.1) is 24.9 Å². The Morgan fingerprint density at radius 2 is 2.08 bits per heavy atom. The van der Waals surface area contributed by atoms with Crippen LogP contribution in [0.25, 0.3) is 0 Å². The molecule has 138 valence electrons. The molecule has 1 atom stereocenters. The highest BCUT2D eigenvalue weighted by Gasteiger charge is 2.34. The fraction of sp³-hybridized carbons (Fsp3) is 0.500. The number of thioether (sulfide) groups is 1. The molecule has 1 aromatic carbocycles. The lowest BCUT2D eigenvalue weighted by molar-refractivity contribution is -0.274. The smallest absolute Gasteiger partial charge is 0.481 e. The number of aliphatic carboxylic acids is 1. The molecule has 0 radical (unpaired) electrons. The number of ether oxygens (including phenoxy) is 1. The first-order valence-corrected chi connectivity index (χ1v) is 8.80. The van der Waals surface area contributed by atoms with Crippen molar-refractivity contribution in [2.24, 2.45) is 0 Å². The Bertz CT molecular complexity index is 624. The number of amides is 1. The van der Waals surface area contributed by atoms with E-state index in [1.54, 1.807) is 11.0 Å². The quantitative estimate of drug-likeness (QED) is 0.698. The molecule has 1 aliphatic heterocycles. The highest BCUT2D eigenvalue weighted by molar-refractivity contribution is 8.00. The van der Waals surface area contributed by atoms with Gasteiger partial charge in [-0.1, -0.05) is 18.6 Å². The van der Waals surface area contributed by atoms with Crippen molar-refractivity contribution in [1.29, 1.82) is 0 Å². The zero-order chi connectivity index (χ0) is 18.4. The molecule has 1 aliphatic rings. The number of rotatable bonds is 8. The third-order valence-corrected chi connectivity index (χ3v) is 4.89. The van der Waals surface area contributed by atoms with Crippen molar-refractivity contribution in [2.45, 2.75) is 37.4 Å². The topological polar surface area (TPSA) is 66.8 Å². The van der Waals surface area contributed by atoms with Gasteiger partial charge in [0.2, 0.25) is 5.91 Å². The number of hydrogen-bond donors (Lipinski definition) is 1. The molecule has 0 aromatic heterocycles. The molecule has 1 saturated heterocycles. The molecule has 1 fully saturated rings. The van der Waals surface area contributed by atoms with Crippen molar-refractivity contribution in [3.63, 3.8) is 0 Å². The average molecular weight is 377 g/mol. The van der Waals surface area contributed by atoms with Gasteiger partial charge in [-0.3, -0.25) is 9.59 Å². The van der Waals surface area contributed by atoms with E-state index in [0.717, 1.165) is 0 Å². The summed E-state index contributed by atoms with van der Waals surface area (Å²) in [5.41, 5.74) is 0.572. The van der Waals surface area contributed by atoms with Gasteiger partial charge in [0.1, 0.15) is 11.1 Å². The van der Waals surface area contributed by atoms with Crippen molar-refractivity contribution in [1.82, 2.24) is 4.90 Å². The van der Waals surface area contributed by atoms with E-state index in [0.29, 0.717) is 31.4 Å². The Hall–Kier alpha value is -1.90. The lowest BCUT2D eigenvalue weighted by atomic mass is 10.1. The van der Waals surface area contributed by atoms with Crippen LogP contribution < -0.4 is 4.74 Å². The summed E-state index contributed by atoms with van der Waals surface area (Å²) in [6.07, 6.45) is -2.83. The summed E-state index contributed by atoms with van der Waals surface area (Å²) in [5.74, 6) is -0.974. The van der Waals surface area contributed by atoms with Crippen LogP contribution in [0.1, 0.15) is 36.6 Å². The Labute approximate surface area is 147 Å². The van der Waals surface area contributed by atoms with Gasteiger partial charge in [0, 0.05) is 13.0 Å². The number of alkyl halides is 3. The summed E-state index contributed by atoms with van der Waals surface area (Å²) in [4.78, 5) is 24.1. The Balaban J connectivity index is 1.98. The molecule has 1 unspecified atom stereocenters. The van der Waals surface area contributed by atoms with Crippen molar-refractivity contribution in [2.75, 3.05) is 12.3 Å². The van der Waals surface area contributed by atoms with Crippen LogP contribution in [0.15, 0.2) is 24.3 Å². The van der Waals surface area contributed by atoms with Crippen LogP contribution in [0.2, 0.25) is 0 Å². The SMILES string of the molecule is O=C(O)CCCCCN1C(=O)CSC1c1cccc(OC(F)(F)F)c1. The van der Waals surface area contributed by atoms with E-state index >= 15 is 0 Å². The van der Waals surface area contributed by atoms with Gasteiger partial charge in [0.15, 0.2) is 0 Å². The monoisotopic (exact) mass is 377 g/mol. The molecular weight excluding hydrogens is 359 g/mol. The summed E-state index contributed by atoms with van der Waals surface area (Å²) in [6.45, 7) is 0.445. The second kappa shape index (κ2) is 8.46. The molecule has 25 heavy (non-hydrogen) atoms. The molecule has 0 spiro atoms. The van der Waals surface area contributed by atoms with Crippen LogP contribution in [-0.4, -0.2) is 40.5 Å². The van der Waals surface area contributed by atoms with Crippen LogP contribution in [0, 0.1) is 0 Å². The van der Waals surface area contributed by atoms with E-state index in [1.807, 2.05) is 0 Å². The largest absolute Gasteiger partial charge is 0.573 e. The van der Waals surface area contributed by atoms with Gasteiger partial charge in [-0.25, -0.2) is 0 Å². The molecular formula is C16H18F3NO4S. The number of hydrogen-bond acceptors (Lipinski definition) is 4. The number of carboxylic acid groups (broad SMARTS) is 1. The fourth-order valence-corrected chi connectivity index (χ4v) is 3.78. The van der Waals surface area contributed by atoms with E-state index in [2.05, 4.69) is 4.74 Å². The molecule has 1 amide bonds. The van der Waals surface area contributed by atoms with Crippen LogP contribution in [0.3, 0.4) is 0 Å². The van der Waals surface area contributed by atoms with E-state index in [9.17, 15) is 22.8 Å². The van der Waals surface area contributed by atoms with Crippen molar-refractivity contribution < 1.29 is 32.6 Å². The summed E-state index contributed by atoms with van der Waals surface area (Å²) in [5, 5.41) is 8.25. The number of carbonyl (C=O) groups is 2. The standard InChI is InChI=1S/C16H18F3NO4S/c17-16(18,19)24-12-6-4-5-11(9-12)15-20(13(21)10-25-15)8-3-1-2-7-14(22)23/h4-6,9,15H,1-3,7-8,10H2,(H,22,23). The van der Waals surface area contributed by atoms with E-state index < -0.39 is 12.3 Å². The third-order valence-electron chi connectivity index (χ3n) is 3.63. The normalized spacial score (nSPS) is 17.8. The summed E-state index contributed by atoms with van der Waals surface area (Å²) >= 11 is 1.35. The molecule has 0 aliphatic carbocycles. The number of carbonyl (C=O) groups excluding carboxylic acids is 1. The molecule has 9 heteroatoms. The molecule has 2 rings (SSSR count). The maximum absolute atomic E-state index is 12.4. The Morgan fingerprint density at radius 1 is 1.32 bits per heavy atom. The number of halogens is 3. The van der Waals surface area contributed by atoms with Gasteiger partial charge < -0.3 is 14.7 Å². The predicted octanol–water partition coefficient (Wildman–Crippen LogP) is 3.80. The Morgan fingerprint density at radius 3 is 2.76 bits per heavy atom. The maximum atomic E-state index is 12.4. The van der Waals surface area contributed by atoms with Crippen LogP contribution in [0.5, 0.6) is 5.75 Å². The zero-order valence-electron chi connectivity index (χ0n) is 13.3. The summed E-state index contributed by atoms with van der Waals surface area (Å²) in [6, 6.07) is 5.64. The van der Waals surface area contributed by atoms with Gasteiger partial charge in [0.25, 0.3) is 0 Å². The number of nitrogens with zero attached hydrogens (tertiary/aromatic N) is 1. The lowest BCUT2D eigenvalue weighted by Crippen LogP contribution is -2.29. The van der Waals surface area contributed by atoms with E-state index in [-0.39, 0.29) is 29.2 Å². The molecule has 0 bridgehead atoms. The van der Waals surface area contributed by atoms with Gasteiger partial charge in [-0.05, 0) is 30.5 Å².